The number of nitrogens with zero attached hydrogens (tertiary/aromatic N) is 4. The molecule has 23 heavy (non-hydrogen) atoms. The minimum Gasteiger partial charge on any atom is -0.338 e. The second kappa shape index (κ2) is 8.79. The zero-order valence-electron chi connectivity index (χ0n) is 14.4. The summed E-state index contributed by atoms with van der Waals surface area (Å²) in [7, 11) is 0. The van der Waals surface area contributed by atoms with Gasteiger partial charge in [0, 0.05) is 52.0 Å². The molecule has 0 atom stereocenters. The van der Waals surface area contributed by atoms with Crippen LogP contribution in [0.5, 0.6) is 0 Å². The summed E-state index contributed by atoms with van der Waals surface area (Å²) in [6.07, 6.45) is 1.84. The van der Waals surface area contributed by atoms with Crippen LogP contribution in [0, 0.1) is 0 Å². The Labute approximate surface area is 139 Å². The lowest BCUT2D eigenvalue weighted by atomic mass is 10.2. The molecule has 0 aliphatic carbocycles. The first kappa shape index (κ1) is 17.6. The third-order valence-electron chi connectivity index (χ3n) is 4.13. The lowest BCUT2D eigenvalue weighted by Gasteiger charge is -2.35. The zero-order chi connectivity index (χ0) is 16.7. The van der Waals surface area contributed by atoms with Gasteiger partial charge in [0.05, 0.1) is 12.2 Å². The maximum Gasteiger partial charge on any atom is 0.237 e. The van der Waals surface area contributed by atoms with Crippen LogP contribution in [0.1, 0.15) is 19.5 Å². The minimum atomic E-state index is 0.202. The van der Waals surface area contributed by atoms with Crippen LogP contribution in [-0.4, -0.2) is 71.4 Å². The molecular formula is C18H28N4O. The molecule has 5 heteroatoms. The van der Waals surface area contributed by atoms with Gasteiger partial charge < -0.3 is 4.90 Å². The number of pyridine rings is 1. The monoisotopic (exact) mass is 316 g/mol. The molecule has 0 unspecified atom stereocenters. The van der Waals surface area contributed by atoms with Gasteiger partial charge in [-0.1, -0.05) is 18.2 Å². The molecule has 1 aliphatic rings. The van der Waals surface area contributed by atoms with E-state index >= 15 is 0 Å². The quantitative estimate of drug-likeness (QED) is 0.717. The van der Waals surface area contributed by atoms with Gasteiger partial charge in [0.15, 0.2) is 0 Å². The standard InChI is InChI=1S/C18H28N4O/c1-4-22(13-16(2)3)18(23)15-21-11-9-20(10-12-21)14-17-7-5-6-8-19-17/h5-8H,2,4,9-15H2,1,3H3. The van der Waals surface area contributed by atoms with Gasteiger partial charge in [-0.05, 0) is 26.0 Å². The van der Waals surface area contributed by atoms with E-state index in [2.05, 4.69) is 27.4 Å². The highest BCUT2D eigenvalue weighted by molar-refractivity contribution is 5.78. The molecule has 0 N–H and O–H groups in total. The number of rotatable bonds is 7. The summed E-state index contributed by atoms with van der Waals surface area (Å²) in [6.45, 7) is 14.5. The molecule has 2 rings (SSSR count). The molecule has 126 valence electrons. The van der Waals surface area contributed by atoms with Crippen molar-refractivity contribution in [2.45, 2.75) is 20.4 Å². The van der Waals surface area contributed by atoms with E-state index in [0.717, 1.165) is 50.5 Å². The smallest absolute Gasteiger partial charge is 0.237 e. The van der Waals surface area contributed by atoms with Gasteiger partial charge in [-0.2, -0.15) is 0 Å². The second-order valence-electron chi connectivity index (χ2n) is 6.24. The molecule has 1 saturated heterocycles. The Morgan fingerprint density at radius 1 is 1.26 bits per heavy atom. The van der Waals surface area contributed by atoms with Crippen LogP contribution >= 0.6 is 0 Å². The van der Waals surface area contributed by atoms with E-state index in [1.54, 1.807) is 0 Å². The molecule has 0 bridgehead atoms. The molecule has 1 fully saturated rings. The largest absolute Gasteiger partial charge is 0.338 e. The molecular weight excluding hydrogens is 288 g/mol. The fourth-order valence-corrected chi connectivity index (χ4v) is 2.82. The Morgan fingerprint density at radius 2 is 1.96 bits per heavy atom. The molecule has 0 saturated carbocycles. The van der Waals surface area contributed by atoms with Crippen LogP contribution in [-0.2, 0) is 11.3 Å². The highest BCUT2D eigenvalue weighted by Gasteiger charge is 2.21. The van der Waals surface area contributed by atoms with Crippen LogP contribution in [0.25, 0.3) is 0 Å². The molecule has 1 aromatic heterocycles. The third-order valence-corrected chi connectivity index (χ3v) is 4.13. The van der Waals surface area contributed by atoms with Crippen molar-refractivity contribution < 1.29 is 4.79 Å². The molecule has 2 heterocycles. The van der Waals surface area contributed by atoms with E-state index in [-0.39, 0.29) is 5.91 Å². The van der Waals surface area contributed by atoms with Gasteiger partial charge in [0.1, 0.15) is 0 Å². The average molecular weight is 316 g/mol. The van der Waals surface area contributed by atoms with E-state index in [4.69, 9.17) is 0 Å². The fourth-order valence-electron chi connectivity index (χ4n) is 2.82. The van der Waals surface area contributed by atoms with E-state index < -0.39 is 0 Å². The van der Waals surface area contributed by atoms with Crippen LogP contribution in [0.3, 0.4) is 0 Å². The summed E-state index contributed by atoms with van der Waals surface area (Å²) in [5.41, 5.74) is 2.14. The van der Waals surface area contributed by atoms with E-state index in [9.17, 15) is 4.79 Å². The molecule has 5 nitrogen and oxygen atoms in total. The van der Waals surface area contributed by atoms with E-state index in [1.807, 2.05) is 37.1 Å². The minimum absolute atomic E-state index is 0.202. The molecule has 0 aromatic carbocycles. The number of carbonyl (C=O) groups excluding carboxylic acids is 1. The number of hydrogen-bond donors (Lipinski definition) is 0. The van der Waals surface area contributed by atoms with Crippen molar-refractivity contribution in [3.05, 3.63) is 42.2 Å². The highest BCUT2D eigenvalue weighted by atomic mass is 16.2. The van der Waals surface area contributed by atoms with Crippen LogP contribution < -0.4 is 0 Å². The van der Waals surface area contributed by atoms with Gasteiger partial charge in [-0.3, -0.25) is 19.6 Å². The molecule has 0 radical (unpaired) electrons. The van der Waals surface area contributed by atoms with E-state index in [0.29, 0.717) is 13.1 Å². The van der Waals surface area contributed by atoms with Crippen molar-refractivity contribution in [1.29, 1.82) is 0 Å². The average Bonchev–Trinajstić information content (AvgIpc) is 2.55. The topological polar surface area (TPSA) is 39.7 Å². The predicted octanol–water partition coefficient (Wildman–Crippen LogP) is 1.62. The van der Waals surface area contributed by atoms with Crippen molar-refractivity contribution in [3.8, 4) is 0 Å². The number of hydrogen-bond acceptors (Lipinski definition) is 4. The van der Waals surface area contributed by atoms with Crippen molar-refractivity contribution in [2.24, 2.45) is 0 Å². The summed E-state index contributed by atoms with van der Waals surface area (Å²) in [5, 5.41) is 0. The van der Waals surface area contributed by atoms with Crippen LogP contribution in [0.15, 0.2) is 36.5 Å². The highest BCUT2D eigenvalue weighted by Crippen LogP contribution is 2.07. The Hall–Kier alpha value is -1.72. The van der Waals surface area contributed by atoms with Crippen molar-refractivity contribution in [3.63, 3.8) is 0 Å². The summed E-state index contributed by atoms with van der Waals surface area (Å²) < 4.78 is 0. The first-order valence-electron chi connectivity index (χ1n) is 8.35. The Balaban J connectivity index is 1.75. The van der Waals surface area contributed by atoms with Gasteiger partial charge in [0.2, 0.25) is 5.91 Å². The maximum absolute atomic E-state index is 12.4. The fraction of sp³-hybridized carbons (Fsp3) is 0.556. The van der Waals surface area contributed by atoms with E-state index in [1.165, 1.54) is 0 Å². The molecule has 0 spiro atoms. The summed E-state index contributed by atoms with van der Waals surface area (Å²) in [6, 6.07) is 6.03. The summed E-state index contributed by atoms with van der Waals surface area (Å²) >= 11 is 0. The second-order valence-corrected chi connectivity index (χ2v) is 6.24. The van der Waals surface area contributed by atoms with Gasteiger partial charge in [-0.15, -0.1) is 0 Å². The molecule has 1 aliphatic heterocycles. The number of aromatic nitrogens is 1. The number of likely N-dealkylation sites (N-methyl/N-ethyl adjacent to an activating group) is 1. The van der Waals surface area contributed by atoms with Crippen molar-refractivity contribution in [1.82, 2.24) is 19.7 Å². The van der Waals surface area contributed by atoms with Crippen molar-refractivity contribution >= 4 is 5.91 Å². The Kier molecular flexibility index (Phi) is 6.74. The lowest BCUT2D eigenvalue weighted by molar-refractivity contribution is -0.132. The third kappa shape index (κ3) is 5.77. The van der Waals surface area contributed by atoms with Gasteiger partial charge >= 0.3 is 0 Å². The molecule has 1 amide bonds. The Bertz CT molecular complexity index is 509. The lowest BCUT2D eigenvalue weighted by Crippen LogP contribution is -2.50. The van der Waals surface area contributed by atoms with Crippen LogP contribution in [0.4, 0.5) is 0 Å². The van der Waals surface area contributed by atoms with Gasteiger partial charge in [0.25, 0.3) is 0 Å². The van der Waals surface area contributed by atoms with Crippen molar-refractivity contribution in [2.75, 3.05) is 45.8 Å². The summed E-state index contributed by atoms with van der Waals surface area (Å²) in [5.74, 6) is 0.202. The summed E-state index contributed by atoms with van der Waals surface area (Å²) in [4.78, 5) is 23.3. The Morgan fingerprint density at radius 3 is 2.52 bits per heavy atom. The first-order chi connectivity index (χ1) is 11.1. The zero-order valence-corrected chi connectivity index (χ0v) is 14.4. The maximum atomic E-state index is 12.4. The molecule has 1 aromatic rings. The number of piperazine rings is 1. The number of amides is 1. The van der Waals surface area contributed by atoms with Gasteiger partial charge in [-0.25, -0.2) is 0 Å². The number of carbonyl (C=O) groups is 1. The first-order valence-corrected chi connectivity index (χ1v) is 8.35. The normalized spacial score (nSPS) is 16.3. The van der Waals surface area contributed by atoms with Crippen LogP contribution in [0.2, 0.25) is 0 Å². The predicted molar refractivity (Wildman–Crippen MR) is 93.0 cm³/mol. The SMILES string of the molecule is C=C(C)CN(CC)C(=O)CN1CCN(Cc2ccccn2)CC1.